The van der Waals surface area contributed by atoms with Gasteiger partial charge in [-0.15, -0.1) is 23.1 Å². The SMILES string of the molecule is CSc1sc2c(c1C(=O)c1ccc3c(c1)OCO3)C(=O)c1ccccc1-2. The zero-order valence-corrected chi connectivity index (χ0v) is 15.3. The van der Waals surface area contributed by atoms with E-state index in [1.807, 2.05) is 30.5 Å². The van der Waals surface area contributed by atoms with Crippen LogP contribution in [-0.2, 0) is 0 Å². The summed E-state index contributed by atoms with van der Waals surface area (Å²) in [5, 5.41) is 0. The van der Waals surface area contributed by atoms with Crippen LogP contribution >= 0.6 is 23.1 Å². The molecule has 0 unspecified atom stereocenters. The Morgan fingerprint density at radius 2 is 1.85 bits per heavy atom. The van der Waals surface area contributed by atoms with E-state index in [0.29, 0.717) is 33.8 Å². The van der Waals surface area contributed by atoms with Crippen molar-refractivity contribution < 1.29 is 19.1 Å². The fourth-order valence-corrected chi connectivity index (χ4v) is 5.41. The van der Waals surface area contributed by atoms with Gasteiger partial charge in [0, 0.05) is 21.6 Å². The monoisotopic (exact) mass is 380 g/mol. The van der Waals surface area contributed by atoms with Crippen molar-refractivity contribution in [1.82, 2.24) is 0 Å². The Kier molecular flexibility index (Phi) is 3.45. The van der Waals surface area contributed by atoms with Crippen molar-refractivity contribution in [3.05, 3.63) is 64.7 Å². The van der Waals surface area contributed by atoms with E-state index in [0.717, 1.165) is 14.6 Å². The molecule has 5 rings (SSSR count). The van der Waals surface area contributed by atoms with Crippen molar-refractivity contribution in [1.29, 1.82) is 0 Å². The van der Waals surface area contributed by atoms with Gasteiger partial charge in [-0.1, -0.05) is 24.3 Å². The van der Waals surface area contributed by atoms with Crippen LogP contribution in [0, 0.1) is 0 Å². The van der Waals surface area contributed by atoms with Gasteiger partial charge < -0.3 is 9.47 Å². The molecule has 2 heterocycles. The summed E-state index contributed by atoms with van der Waals surface area (Å²) in [5.41, 5.74) is 3.10. The number of benzene rings is 2. The molecule has 0 radical (unpaired) electrons. The fourth-order valence-electron chi connectivity index (χ4n) is 3.36. The number of carbonyl (C=O) groups is 2. The van der Waals surface area contributed by atoms with Gasteiger partial charge in [-0.25, -0.2) is 0 Å². The van der Waals surface area contributed by atoms with E-state index in [1.165, 1.54) is 23.1 Å². The molecule has 1 aliphatic heterocycles. The van der Waals surface area contributed by atoms with Crippen LogP contribution in [0.15, 0.2) is 46.7 Å². The van der Waals surface area contributed by atoms with E-state index >= 15 is 0 Å². The summed E-state index contributed by atoms with van der Waals surface area (Å²) in [6.45, 7) is 0.157. The Labute approximate surface area is 157 Å². The highest BCUT2D eigenvalue weighted by Gasteiger charge is 2.36. The number of hydrogen-bond donors (Lipinski definition) is 0. The van der Waals surface area contributed by atoms with Gasteiger partial charge >= 0.3 is 0 Å². The molecule has 0 saturated heterocycles. The van der Waals surface area contributed by atoms with E-state index in [-0.39, 0.29) is 18.4 Å². The third kappa shape index (κ3) is 2.09. The highest BCUT2D eigenvalue weighted by atomic mass is 32.2. The first kappa shape index (κ1) is 15.7. The number of ketones is 2. The summed E-state index contributed by atoms with van der Waals surface area (Å²) in [7, 11) is 0. The lowest BCUT2D eigenvalue weighted by Crippen LogP contribution is -2.08. The Hall–Kier alpha value is -2.57. The molecule has 128 valence electrons. The predicted octanol–water partition coefficient (Wildman–Crippen LogP) is 4.64. The molecule has 0 fully saturated rings. The molecule has 0 saturated carbocycles. The predicted molar refractivity (Wildman–Crippen MR) is 101 cm³/mol. The second-order valence-corrected chi connectivity index (χ2v) is 8.04. The Morgan fingerprint density at radius 1 is 1.08 bits per heavy atom. The molecule has 0 amide bonds. The highest BCUT2D eigenvalue weighted by Crippen LogP contribution is 2.48. The summed E-state index contributed by atoms with van der Waals surface area (Å²) in [6.07, 6.45) is 1.92. The van der Waals surface area contributed by atoms with Crippen LogP contribution in [0.5, 0.6) is 11.5 Å². The molecule has 2 aromatic carbocycles. The topological polar surface area (TPSA) is 52.6 Å². The smallest absolute Gasteiger partial charge is 0.231 e. The summed E-state index contributed by atoms with van der Waals surface area (Å²) < 4.78 is 11.6. The van der Waals surface area contributed by atoms with Crippen LogP contribution in [0.2, 0.25) is 0 Å². The molecule has 1 aromatic heterocycles. The van der Waals surface area contributed by atoms with Gasteiger partial charge in [-0.05, 0) is 24.5 Å². The van der Waals surface area contributed by atoms with Crippen molar-refractivity contribution in [2.45, 2.75) is 4.21 Å². The van der Waals surface area contributed by atoms with Gasteiger partial charge in [0.25, 0.3) is 0 Å². The molecule has 3 aromatic rings. The number of hydrogen-bond acceptors (Lipinski definition) is 6. The van der Waals surface area contributed by atoms with E-state index in [2.05, 4.69) is 0 Å². The molecule has 6 heteroatoms. The van der Waals surface area contributed by atoms with Gasteiger partial charge in [-0.3, -0.25) is 9.59 Å². The lowest BCUT2D eigenvalue weighted by atomic mass is 9.99. The molecule has 2 aliphatic rings. The van der Waals surface area contributed by atoms with Crippen molar-refractivity contribution in [2.24, 2.45) is 0 Å². The van der Waals surface area contributed by atoms with Gasteiger partial charge in [0.05, 0.1) is 15.3 Å². The van der Waals surface area contributed by atoms with Crippen molar-refractivity contribution in [3.63, 3.8) is 0 Å². The van der Waals surface area contributed by atoms with Crippen molar-refractivity contribution in [2.75, 3.05) is 13.0 Å². The van der Waals surface area contributed by atoms with Gasteiger partial charge in [0.1, 0.15) is 0 Å². The molecule has 0 N–H and O–H groups in total. The number of carbonyl (C=O) groups excluding carboxylic acids is 2. The molecule has 26 heavy (non-hydrogen) atoms. The lowest BCUT2D eigenvalue weighted by molar-refractivity contribution is 0.100. The first-order valence-electron chi connectivity index (χ1n) is 7.98. The van der Waals surface area contributed by atoms with E-state index in [4.69, 9.17) is 9.47 Å². The first-order chi connectivity index (χ1) is 12.7. The van der Waals surface area contributed by atoms with Crippen LogP contribution in [0.4, 0.5) is 0 Å². The van der Waals surface area contributed by atoms with Crippen LogP contribution < -0.4 is 9.47 Å². The van der Waals surface area contributed by atoms with Crippen LogP contribution in [0.25, 0.3) is 10.4 Å². The van der Waals surface area contributed by atoms with E-state index in [9.17, 15) is 9.59 Å². The molecule has 0 spiro atoms. The Morgan fingerprint density at radius 3 is 2.65 bits per heavy atom. The quantitative estimate of drug-likeness (QED) is 0.383. The van der Waals surface area contributed by atoms with Gasteiger partial charge in [-0.2, -0.15) is 0 Å². The standard InChI is InChI=1S/C20H12O4S2/c1-25-20-16(17(21)10-6-7-13-14(8-10)24-9-23-13)15-18(22)11-4-2-3-5-12(11)19(15)26-20/h2-8H,9H2,1H3. The minimum atomic E-state index is -0.161. The minimum Gasteiger partial charge on any atom is -0.454 e. The summed E-state index contributed by atoms with van der Waals surface area (Å²) in [5.74, 6) is 0.955. The summed E-state index contributed by atoms with van der Waals surface area (Å²) in [6, 6.07) is 12.7. The van der Waals surface area contributed by atoms with E-state index in [1.54, 1.807) is 18.2 Å². The summed E-state index contributed by atoms with van der Waals surface area (Å²) >= 11 is 3.00. The van der Waals surface area contributed by atoms with Crippen LogP contribution in [0.3, 0.4) is 0 Å². The minimum absolute atomic E-state index is 0.0729. The van der Waals surface area contributed by atoms with Gasteiger partial charge in [0.2, 0.25) is 6.79 Å². The van der Waals surface area contributed by atoms with Gasteiger partial charge in [0.15, 0.2) is 23.1 Å². The van der Waals surface area contributed by atoms with Crippen molar-refractivity contribution >= 4 is 34.7 Å². The molecule has 4 nitrogen and oxygen atoms in total. The number of ether oxygens (including phenoxy) is 2. The lowest BCUT2D eigenvalue weighted by Gasteiger charge is -2.05. The molecule has 0 bridgehead atoms. The molecule has 1 aliphatic carbocycles. The Balaban J connectivity index is 1.68. The molecular weight excluding hydrogens is 368 g/mol. The third-order valence-electron chi connectivity index (χ3n) is 4.57. The average Bonchev–Trinajstić information content (AvgIpc) is 3.35. The maximum atomic E-state index is 13.3. The van der Waals surface area contributed by atoms with E-state index < -0.39 is 0 Å². The Bertz CT molecular complexity index is 1100. The zero-order chi connectivity index (χ0) is 17.8. The van der Waals surface area contributed by atoms with Crippen LogP contribution in [-0.4, -0.2) is 24.6 Å². The summed E-state index contributed by atoms with van der Waals surface area (Å²) in [4.78, 5) is 27.1. The number of thiophene rings is 1. The maximum Gasteiger partial charge on any atom is 0.231 e. The number of fused-ring (bicyclic) bond motifs is 4. The largest absolute Gasteiger partial charge is 0.454 e. The molecule has 0 atom stereocenters. The molecular formula is C20H12O4S2. The highest BCUT2D eigenvalue weighted by molar-refractivity contribution is 8.00. The normalized spacial score (nSPS) is 13.7. The van der Waals surface area contributed by atoms with Crippen LogP contribution in [0.1, 0.15) is 31.8 Å². The first-order valence-corrected chi connectivity index (χ1v) is 10.0. The second-order valence-electron chi connectivity index (χ2n) is 5.94. The fraction of sp³-hybridized carbons (Fsp3) is 0.100. The number of thioether (sulfide) groups is 1. The second kappa shape index (κ2) is 5.72. The zero-order valence-electron chi connectivity index (χ0n) is 13.7. The average molecular weight is 380 g/mol. The van der Waals surface area contributed by atoms with Crippen molar-refractivity contribution in [3.8, 4) is 21.9 Å². The maximum absolute atomic E-state index is 13.3. The third-order valence-corrected chi connectivity index (χ3v) is 6.91. The number of rotatable bonds is 3.